The molecule has 1 aliphatic rings. The number of nitrogens with zero attached hydrogens (tertiary/aromatic N) is 4. The smallest absolute Gasteiger partial charge is 0.0492 e. The van der Waals surface area contributed by atoms with Crippen LogP contribution in [0.15, 0.2) is 61.1 Å². The molecule has 0 N–H and O–H groups in total. The molecule has 4 heteroatoms. The van der Waals surface area contributed by atoms with Crippen LogP contribution in [0.1, 0.15) is 30.0 Å². The third-order valence-corrected chi connectivity index (χ3v) is 5.21. The Morgan fingerprint density at radius 1 is 0.960 bits per heavy atom. The van der Waals surface area contributed by atoms with E-state index in [1.165, 1.54) is 35.2 Å². The summed E-state index contributed by atoms with van der Waals surface area (Å²) in [5, 5.41) is 4.32. The molecule has 0 spiro atoms. The number of aromatic nitrogens is 3. The first-order valence-electron chi connectivity index (χ1n) is 8.99. The van der Waals surface area contributed by atoms with E-state index in [1.807, 2.05) is 30.3 Å². The van der Waals surface area contributed by atoms with Gasteiger partial charge in [-0.2, -0.15) is 5.10 Å². The number of benzene rings is 1. The molecule has 0 aliphatic carbocycles. The van der Waals surface area contributed by atoms with Crippen molar-refractivity contribution in [3.05, 3.63) is 72.3 Å². The van der Waals surface area contributed by atoms with Crippen molar-refractivity contribution in [2.24, 2.45) is 7.05 Å². The summed E-state index contributed by atoms with van der Waals surface area (Å²) in [6, 6.07) is 15.2. The maximum atomic E-state index is 4.32. The molecule has 0 amide bonds. The molecule has 0 bridgehead atoms. The van der Waals surface area contributed by atoms with E-state index >= 15 is 0 Å². The normalized spacial score (nSPS) is 16.2. The van der Waals surface area contributed by atoms with Crippen molar-refractivity contribution in [3.63, 3.8) is 0 Å². The molecular weight excluding hydrogens is 308 g/mol. The van der Waals surface area contributed by atoms with Crippen LogP contribution in [0.2, 0.25) is 0 Å². The third kappa shape index (κ3) is 3.64. The second-order valence-electron chi connectivity index (χ2n) is 6.87. The molecule has 0 saturated carbocycles. The zero-order chi connectivity index (χ0) is 17.1. The molecule has 0 unspecified atom stereocenters. The van der Waals surface area contributed by atoms with Gasteiger partial charge in [0.05, 0.1) is 0 Å². The largest absolute Gasteiger partial charge is 0.299 e. The van der Waals surface area contributed by atoms with Gasteiger partial charge in [0.2, 0.25) is 0 Å². The Morgan fingerprint density at radius 2 is 1.76 bits per heavy atom. The lowest BCUT2D eigenvalue weighted by atomic mass is 9.93. The summed E-state index contributed by atoms with van der Waals surface area (Å²) in [6.07, 6.45) is 8.04. The van der Waals surface area contributed by atoms with Gasteiger partial charge in [-0.1, -0.05) is 18.2 Å². The first-order chi connectivity index (χ1) is 12.3. The topological polar surface area (TPSA) is 34.0 Å². The SMILES string of the molecule is Cn1nccc1C1CCN(Cc2cccc(-c3ccncc3)c2)CC1. The lowest BCUT2D eigenvalue weighted by Gasteiger charge is -2.32. The Hall–Kier alpha value is -2.46. The number of piperidine rings is 1. The van der Waals surface area contributed by atoms with Crippen LogP contribution in [0.5, 0.6) is 0 Å². The van der Waals surface area contributed by atoms with Crippen LogP contribution >= 0.6 is 0 Å². The van der Waals surface area contributed by atoms with Gasteiger partial charge in [-0.25, -0.2) is 0 Å². The fraction of sp³-hybridized carbons (Fsp3) is 0.333. The second-order valence-corrected chi connectivity index (χ2v) is 6.87. The van der Waals surface area contributed by atoms with E-state index in [9.17, 15) is 0 Å². The number of pyridine rings is 1. The van der Waals surface area contributed by atoms with Crippen molar-refractivity contribution in [1.29, 1.82) is 0 Å². The minimum absolute atomic E-state index is 0.645. The predicted molar refractivity (Wildman–Crippen MR) is 100 cm³/mol. The summed E-state index contributed by atoms with van der Waals surface area (Å²) in [6.45, 7) is 3.32. The van der Waals surface area contributed by atoms with Crippen molar-refractivity contribution in [2.75, 3.05) is 13.1 Å². The number of aryl methyl sites for hydroxylation is 1. The van der Waals surface area contributed by atoms with Gasteiger partial charge in [0, 0.05) is 43.8 Å². The van der Waals surface area contributed by atoms with Crippen LogP contribution in [0.3, 0.4) is 0 Å². The van der Waals surface area contributed by atoms with Gasteiger partial charge in [-0.15, -0.1) is 0 Å². The molecular formula is C21H24N4. The van der Waals surface area contributed by atoms with Gasteiger partial charge in [0.15, 0.2) is 0 Å². The maximum Gasteiger partial charge on any atom is 0.0492 e. The minimum atomic E-state index is 0.645. The standard InChI is InChI=1S/C21H24N4/c1-24-21(7-12-23-24)19-8-13-25(14-9-19)16-17-3-2-4-20(15-17)18-5-10-22-11-6-18/h2-7,10-12,15,19H,8-9,13-14,16H2,1H3. The second kappa shape index (κ2) is 7.19. The van der Waals surface area contributed by atoms with Gasteiger partial charge >= 0.3 is 0 Å². The third-order valence-electron chi connectivity index (χ3n) is 5.21. The van der Waals surface area contributed by atoms with E-state index < -0.39 is 0 Å². The average Bonchev–Trinajstić information content (AvgIpc) is 3.09. The van der Waals surface area contributed by atoms with Crippen molar-refractivity contribution < 1.29 is 0 Å². The summed E-state index contributed by atoms with van der Waals surface area (Å²) in [5.41, 5.74) is 5.25. The summed E-state index contributed by atoms with van der Waals surface area (Å²) < 4.78 is 2.03. The van der Waals surface area contributed by atoms with Gasteiger partial charge in [-0.3, -0.25) is 14.6 Å². The quantitative estimate of drug-likeness (QED) is 0.727. The molecule has 1 aromatic carbocycles. The lowest BCUT2D eigenvalue weighted by Crippen LogP contribution is -2.33. The van der Waals surface area contributed by atoms with Crippen LogP contribution in [-0.2, 0) is 13.6 Å². The highest BCUT2D eigenvalue weighted by molar-refractivity contribution is 5.63. The van der Waals surface area contributed by atoms with E-state index in [4.69, 9.17) is 0 Å². The lowest BCUT2D eigenvalue weighted by molar-refractivity contribution is 0.201. The van der Waals surface area contributed by atoms with Crippen molar-refractivity contribution >= 4 is 0 Å². The number of hydrogen-bond donors (Lipinski definition) is 0. The Morgan fingerprint density at radius 3 is 2.48 bits per heavy atom. The molecule has 25 heavy (non-hydrogen) atoms. The molecule has 4 nitrogen and oxygen atoms in total. The average molecular weight is 332 g/mol. The molecule has 3 heterocycles. The Balaban J connectivity index is 1.40. The van der Waals surface area contributed by atoms with E-state index in [0.717, 1.165) is 19.6 Å². The molecule has 4 rings (SSSR count). The van der Waals surface area contributed by atoms with Gasteiger partial charge in [0.1, 0.15) is 0 Å². The Kier molecular flexibility index (Phi) is 4.61. The van der Waals surface area contributed by atoms with Gasteiger partial charge < -0.3 is 0 Å². The highest BCUT2D eigenvalue weighted by Gasteiger charge is 2.22. The first-order valence-corrected chi connectivity index (χ1v) is 8.99. The zero-order valence-electron chi connectivity index (χ0n) is 14.7. The summed E-state index contributed by atoms with van der Waals surface area (Å²) in [4.78, 5) is 6.67. The summed E-state index contributed by atoms with van der Waals surface area (Å²) in [5.74, 6) is 0.645. The highest BCUT2D eigenvalue weighted by atomic mass is 15.3. The van der Waals surface area contributed by atoms with Crippen LogP contribution < -0.4 is 0 Å². The van der Waals surface area contributed by atoms with E-state index in [0.29, 0.717) is 5.92 Å². The number of rotatable bonds is 4. The molecule has 1 saturated heterocycles. The number of hydrogen-bond acceptors (Lipinski definition) is 3. The minimum Gasteiger partial charge on any atom is -0.299 e. The Labute approximate surface area is 149 Å². The number of likely N-dealkylation sites (tertiary alicyclic amines) is 1. The molecule has 1 aliphatic heterocycles. The maximum absolute atomic E-state index is 4.32. The zero-order valence-corrected chi connectivity index (χ0v) is 14.7. The predicted octanol–water partition coefficient (Wildman–Crippen LogP) is 3.86. The van der Waals surface area contributed by atoms with Gasteiger partial charge in [-0.05, 0) is 66.9 Å². The van der Waals surface area contributed by atoms with Crippen LogP contribution in [-0.4, -0.2) is 32.8 Å². The van der Waals surface area contributed by atoms with E-state index in [1.54, 1.807) is 0 Å². The van der Waals surface area contributed by atoms with Crippen LogP contribution in [0.4, 0.5) is 0 Å². The monoisotopic (exact) mass is 332 g/mol. The van der Waals surface area contributed by atoms with Crippen LogP contribution in [0.25, 0.3) is 11.1 Å². The molecule has 128 valence electrons. The van der Waals surface area contributed by atoms with Crippen molar-refractivity contribution in [1.82, 2.24) is 19.7 Å². The first kappa shape index (κ1) is 16.0. The Bertz CT molecular complexity index is 817. The molecule has 0 radical (unpaired) electrons. The highest BCUT2D eigenvalue weighted by Crippen LogP contribution is 2.28. The molecule has 3 aromatic rings. The van der Waals surface area contributed by atoms with Crippen LogP contribution in [0, 0.1) is 0 Å². The van der Waals surface area contributed by atoms with E-state index in [-0.39, 0.29) is 0 Å². The van der Waals surface area contributed by atoms with Crippen molar-refractivity contribution in [3.8, 4) is 11.1 Å². The van der Waals surface area contributed by atoms with E-state index in [2.05, 4.69) is 57.4 Å². The molecule has 2 aromatic heterocycles. The summed E-state index contributed by atoms with van der Waals surface area (Å²) in [7, 11) is 2.05. The fourth-order valence-electron chi connectivity index (χ4n) is 3.82. The molecule has 0 atom stereocenters. The van der Waals surface area contributed by atoms with Gasteiger partial charge in [0.25, 0.3) is 0 Å². The fourth-order valence-corrected chi connectivity index (χ4v) is 3.82. The van der Waals surface area contributed by atoms with Crippen molar-refractivity contribution in [2.45, 2.75) is 25.3 Å². The summed E-state index contributed by atoms with van der Waals surface area (Å²) >= 11 is 0. The molecule has 1 fully saturated rings.